The predicted octanol–water partition coefficient (Wildman–Crippen LogP) is -6.58. The summed E-state index contributed by atoms with van der Waals surface area (Å²) in [5.74, 6) is -9.11. The summed E-state index contributed by atoms with van der Waals surface area (Å²) in [5, 5.41) is 31.0. The molecule has 0 radical (unpaired) electrons. The van der Waals surface area contributed by atoms with Crippen LogP contribution < -0.4 is 111 Å². The van der Waals surface area contributed by atoms with Crippen molar-refractivity contribution >= 4 is 71.1 Å². The predicted molar refractivity (Wildman–Crippen MR) is 327 cm³/mol. The van der Waals surface area contributed by atoms with Crippen LogP contribution in [0.3, 0.4) is 0 Å². The molecule has 33 N–H and O–H groups in total. The molecule has 0 bridgehead atoms. The van der Waals surface area contributed by atoms with Gasteiger partial charge >= 0.3 is 5.97 Å². The summed E-state index contributed by atoms with van der Waals surface area (Å²) in [4.78, 5) is 145. The van der Waals surface area contributed by atoms with Gasteiger partial charge in [-0.3, -0.25) is 53.1 Å². The lowest BCUT2D eigenvalue weighted by Gasteiger charge is -2.28. The molecule has 33 nitrogen and oxygen atoms in total. The fourth-order valence-corrected chi connectivity index (χ4v) is 8.72. The SMILES string of the molecule is NCCCC[C@H](NC(=O)[C@H](CCCCN)NC(=O)[C@H](CCC(N)=O)NC(=O)[C@H](CCCCN)NC(=O)[C@H](CCCN=C(N)N)NC(=O)[C@H](CCCCN)NC(=O)[C@H](CCCN=C(N)N)NC(=O)[C@H](CCCCN)NC(=O)[C@@H](N)CCCCN)C(=O)O. The molecule has 33 heteroatoms. The van der Waals surface area contributed by atoms with Crippen LogP contribution in [0.2, 0.25) is 0 Å². The minimum absolute atomic E-state index is 0.00132. The van der Waals surface area contributed by atoms with E-state index in [9.17, 15) is 53.1 Å². The Hall–Kier alpha value is -7.04. The largest absolute Gasteiger partial charge is 0.480 e. The Morgan fingerprint density at radius 2 is 0.523 bits per heavy atom. The third-order valence-corrected chi connectivity index (χ3v) is 13.7. The third kappa shape index (κ3) is 36.7. The van der Waals surface area contributed by atoms with Gasteiger partial charge in [0.15, 0.2) is 11.9 Å². The van der Waals surface area contributed by atoms with Crippen molar-refractivity contribution in [2.24, 2.45) is 78.8 Å². The van der Waals surface area contributed by atoms with Crippen LogP contribution in [0, 0.1) is 0 Å². The van der Waals surface area contributed by atoms with Gasteiger partial charge in [0, 0.05) is 19.5 Å². The zero-order chi connectivity index (χ0) is 64.8. The summed E-state index contributed by atoms with van der Waals surface area (Å²) < 4.78 is 0. The standard InChI is InChI=1S/C53H106N22O11/c54-25-7-1-15-33(60)43(77)68-34(16-2-8-26-55)44(78)72-38(21-13-31-66-52(62)63)47(81)69-35(17-3-9-27-56)45(79)73-39(22-14-32-67-53(64)65)48(82)70-36(18-4-10-28-57)46(80)74-40(23-24-42(61)76)50(84)71-37(19-5-11-29-58)49(83)75-41(51(85)86)20-6-12-30-59/h33-41H,1-32,54-60H2,(H2,61,76)(H,68,77)(H,69,81)(H,70,82)(H,71,84)(H,72,78)(H,73,79)(H,74,80)(H,75,83)(H,85,86)(H4,62,63,66)(H4,64,65,67)/t33-,34-,35-,36-,37-,38-,39-,40-,41-/m0/s1. The number of nitrogens with zero attached hydrogens (tertiary/aromatic N) is 2. The van der Waals surface area contributed by atoms with Crippen LogP contribution in [0.4, 0.5) is 0 Å². The van der Waals surface area contributed by atoms with E-state index in [0.29, 0.717) is 96.7 Å². The molecule has 0 aromatic rings. The lowest BCUT2D eigenvalue weighted by atomic mass is 10.0. The number of aliphatic carboxylic acids is 1. The maximum atomic E-state index is 14.5. The van der Waals surface area contributed by atoms with Crippen molar-refractivity contribution in [2.45, 2.75) is 208 Å². The summed E-state index contributed by atoms with van der Waals surface area (Å²) in [6.45, 7) is 1.76. The fourth-order valence-electron chi connectivity index (χ4n) is 8.72. The van der Waals surface area contributed by atoms with E-state index in [2.05, 4.69) is 52.5 Å². The Labute approximate surface area is 504 Å². The first-order valence-electron chi connectivity index (χ1n) is 30.0. The lowest BCUT2D eigenvalue weighted by Crippen LogP contribution is -2.60. The smallest absolute Gasteiger partial charge is 0.326 e. The van der Waals surface area contributed by atoms with E-state index in [1.165, 1.54) is 0 Å². The maximum Gasteiger partial charge on any atom is 0.326 e. The van der Waals surface area contributed by atoms with Crippen LogP contribution in [0.1, 0.15) is 154 Å². The molecule has 0 aromatic carbocycles. The highest BCUT2D eigenvalue weighted by Crippen LogP contribution is 2.13. The van der Waals surface area contributed by atoms with E-state index in [4.69, 9.17) is 68.8 Å². The Morgan fingerprint density at radius 3 is 0.767 bits per heavy atom. The Morgan fingerprint density at radius 1 is 0.302 bits per heavy atom. The molecule has 0 spiro atoms. The molecule has 9 atom stereocenters. The molecule has 0 fully saturated rings. The number of hydrogen-bond acceptors (Lipinski definition) is 19. The number of nitrogens with one attached hydrogen (secondary N) is 8. The number of carbonyl (C=O) groups is 10. The second kappa shape index (κ2) is 48.1. The lowest BCUT2D eigenvalue weighted by molar-refractivity contribution is -0.142. The summed E-state index contributed by atoms with van der Waals surface area (Å²) in [6, 6.07) is -11.8. The van der Waals surface area contributed by atoms with Crippen LogP contribution >= 0.6 is 0 Å². The minimum Gasteiger partial charge on any atom is -0.480 e. The van der Waals surface area contributed by atoms with Gasteiger partial charge in [0.2, 0.25) is 53.2 Å². The zero-order valence-electron chi connectivity index (χ0n) is 50.2. The number of unbranched alkanes of at least 4 members (excludes halogenated alkanes) is 6. The van der Waals surface area contributed by atoms with Gasteiger partial charge in [-0.2, -0.15) is 0 Å². The zero-order valence-corrected chi connectivity index (χ0v) is 50.2. The van der Waals surface area contributed by atoms with Gasteiger partial charge < -0.3 is 116 Å². The molecule has 9 amide bonds. The van der Waals surface area contributed by atoms with Crippen molar-refractivity contribution in [3.63, 3.8) is 0 Å². The number of nitrogens with two attached hydrogens (primary N) is 12. The minimum atomic E-state index is -1.53. The molecule has 0 saturated heterocycles. The highest BCUT2D eigenvalue weighted by atomic mass is 16.4. The summed E-state index contributed by atoms with van der Waals surface area (Å²) in [7, 11) is 0. The number of guanidine groups is 2. The fraction of sp³-hybridized carbons (Fsp3) is 0.774. The van der Waals surface area contributed by atoms with Crippen LogP contribution in [-0.2, 0) is 47.9 Å². The Balaban J connectivity index is 7.22. The Kier molecular flexibility index (Phi) is 44.2. The summed E-state index contributed by atoms with van der Waals surface area (Å²) >= 11 is 0. The van der Waals surface area contributed by atoms with Crippen molar-refractivity contribution < 1.29 is 53.1 Å². The molecular formula is C53H106N22O11. The van der Waals surface area contributed by atoms with Gasteiger partial charge in [0.05, 0.1) is 6.04 Å². The molecule has 0 aliphatic rings. The first-order valence-corrected chi connectivity index (χ1v) is 30.0. The van der Waals surface area contributed by atoms with E-state index >= 15 is 0 Å². The van der Waals surface area contributed by atoms with Gasteiger partial charge in [-0.15, -0.1) is 0 Å². The molecule has 0 aliphatic carbocycles. The van der Waals surface area contributed by atoms with Gasteiger partial charge in [-0.05, 0) is 181 Å². The summed E-state index contributed by atoms with van der Waals surface area (Å²) in [6.07, 6.45) is 5.06. The molecule has 0 aliphatic heterocycles. The number of carboxylic acids is 1. The quantitative estimate of drug-likeness (QED) is 0.0153. The van der Waals surface area contributed by atoms with Crippen LogP contribution in [0.15, 0.2) is 9.98 Å². The first kappa shape index (κ1) is 79.0. The molecule has 86 heavy (non-hydrogen) atoms. The number of amides is 9. The van der Waals surface area contributed by atoms with Crippen LogP contribution in [-0.4, -0.2) is 183 Å². The molecule has 0 rings (SSSR count). The van der Waals surface area contributed by atoms with Crippen molar-refractivity contribution in [1.82, 2.24) is 42.5 Å². The molecular weight excluding hydrogens is 1120 g/mol. The van der Waals surface area contributed by atoms with Crippen molar-refractivity contribution in [1.29, 1.82) is 0 Å². The average Bonchev–Trinajstić information content (AvgIpc) is 3.68. The van der Waals surface area contributed by atoms with Gasteiger partial charge in [0.25, 0.3) is 0 Å². The average molecular weight is 1230 g/mol. The number of hydrogen-bond donors (Lipinski definition) is 21. The second-order valence-electron chi connectivity index (χ2n) is 21.0. The van der Waals surface area contributed by atoms with E-state index < -0.39 is 120 Å². The van der Waals surface area contributed by atoms with Crippen LogP contribution in [0.5, 0.6) is 0 Å². The molecule has 0 heterocycles. The van der Waals surface area contributed by atoms with Gasteiger partial charge in [-0.25, -0.2) is 4.79 Å². The molecule has 0 saturated carbocycles. The number of primary amides is 1. The van der Waals surface area contributed by atoms with Gasteiger partial charge in [-0.1, -0.05) is 6.42 Å². The van der Waals surface area contributed by atoms with Crippen molar-refractivity contribution in [3.05, 3.63) is 0 Å². The van der Waals surface area contributed by atoms with E-state index in [1.54, 1.807) is 0 Å². The Bertz CT molecular complexity index is 2100. The van der Waals surface area contributed by atoms with Crippen molar-refractivity contribution in [2.75, 3.05) is 52.4 Å². The first-order chi connectivity index (χ1) is 41.0. The van der Waals surface area contributed by atoms with Crippen molar-refractivity contribution in [3.8, 4) is 0 Å². The number of carboxylic acid groups (broad SMARTS) is 1. The van der Waals surface area contributed by atoms with Crippen LogP contribution in [0.25, 0.3) is 0 Å². The van der Waals surface area contributed by atoms with E-state index in [-0.39, 0.29) is 115 Å². The third-order valence-electron chi connectivity index (χ3n) is 13.7. The number of carbonyl (C=O) groups excluding carboxylic acids is 9. The second-order valence-corrected chi connectivity index (χ2v) is 21.0. The van der Waals surface area contributed by atoms with Gasteiger partial charge in [0.1, 0.15) is 48.3 Å². The molecule has 0 unspecified atom stereocenters. The monoisotopic (exact) mass is 1230 g/mol. The maximum absolute atomic E-state index is 14.5. The molecule has 0 aromatic heterocycles. The highest BCUT2D eigenvalue weighted by molar-refractivity contribution is 5.98. The summed E-state index contributed by atoms with van der Waals surface area (Å²) in [5.41, 5.74) is 68.1. The normalized spacial score (nSPS) is 14.2. The van der Waals surface area contributed by atoms with E-state index in [0.717, 1.165) is 0 Å². The number of rotatable bonds is 52. The topological polar surface area (TPSA) is 624 Å². The molecule has 494 valence electrons. The van der Waals surface area contributed by atoms with E-state index in [1.807, 2.05) is 0 Å². The highest BCUT2D eigenvalue weighted by Gasteiger charge is 2.35. The number of aliphatic imine (C=N–C) groups is 2.